The maximum Gasteiger partial charge on any atom is 0.315 e. The molecule has 0 saturated heterocycles. The Labute approximate surface area is 384 Å². The molecular formula is C45H44F18O4S2. The second kappa shape index (κ2) is 18.5. The van der Waals surface area contributed by atoms with Crippen molar-refractivity contribution in [3.05, 3.63) is 119 Å². The average molecular weight is 1050 g/mol. The van der Waals surface area contributed by atoms with E-state index < -0.39 is 100 Å². The van der Waals surface area contributed by atoms with Gasteiger partial charge in [-0.05, 0) is 129 Å². The Hall–Kier alpha value is -4.74. The topological polar surface area (TPSA) is 36.9 Å². The first-order valence-corrected chi connectivity index (χ1v) is 25.2. The molecule has 0 aromatic heterocycles. The molecule has 0 radical (unpaired) electrons. The molecule has 0 bridgehead atoms. The summed E-state index contributed by atoms with van der Waals surface area (Å²) < 4.78 is 269. The Morgan fingerprint density at radius 3 is 0.986 bits per heavy atom. The molecule has 6 rings (SSSR count). The van der Waals surface area contributed by atoms with Gasteiger partial charge in [-0.2, -0.15) is 0 Å². The number of rotatable bonds is 19. The van der Waals surface area contributed by atoms with Gasteiger partial charge >= 0.3 is 20.4 Å². The molecular weight excluding hydrogens is 1010 g/mol. The molecule has 386 valence electrons. The van der Waals surface area contributed by atoms with Crippen molar-refractivity contribution in [2.24, 2.45) is 17.8 Å². The van der Waals surface area contributed by atoms with Gasteiger partial charge in [-0.1, -0.05) is 44.9 Å². The molecule has 24 heteroatoms. The third-order valence-electron chi connectivity index (χ3n) is 12.2. The summed E-state index contributed by atoms with van der Waals surface area (Å²) in [6, 6.07) is 4.52. The Bertz CT molecular complexity index is 2280. The Balaban J connectivity index is 0.902. The van der Waals surface area contributed by atoms with Crippen LogP contribution in [0.3, 0.4) is 0 Å². The van der Waals surface area contributed by atoms with Crippen LogP contribution in [0.25, 0.3) is 0 Å². The summed E-state index contributed by atoms with van der Waals surface area (Å²) in [6.45, 7) is 3.24. The molecule has 2 fully saturated rings. The molecule has 4 aromatic rings. The van der Waals surface area contributed by atoms with Gasteiger partial charge in [-0.25, -0.2) is 35.1 Å². The zero-order chi connectivity index (χ0) is 51.0. The second-order valence-corrected chi connectivity index (χ2v) is 22.0. The van der Waals surface area contributed by atoms with Crippen LogP contribution in [-0.2, 0) is 0 Å². The molecule has 4 aromatic carbocycles. The molecule has 0 atom stereocenters. The zero-order valence-corrected chi connectivity index (χ0v) is 37.6. The fraction of sp³-hybridized carbons (Fsp3) is 0.422. The van der Waals surface area contributed by atoms with E-state index in [9.17, 15) is 74.0 Å². The van der Waals surface area contributed by atoms with E-state index in [-0.39, 0.29) is 155 Å². The molecule has 0 spiro atoms. The SMILES string of the molecule is C=CC(CCOc1cc(F)c(OCC2CCC(c3cc(F)c(S(F)(F)(F)(F)F)c(F)c3)CC2)c(F)c1)CCOc1cc(F)c(OCC2CCC(c3cc(F)c(S(F)(F)(F)(F)F)c(F)c3)CC2)c(F)c1. The highest BCUT2D eigenvalue weighted by atomic mass is 32.5. The first-order valence-electron chi connectivity index (χ1n) is 21.3. The summed E-state index contributed by atoms with van der Waals surface area (Å²) in [5, 5.41) is 0. The van der Waals surface area contributed by atoms with Gasteiger partial charge in [0.05, 0.1) is 26.4 Å². The van der Waals surface area contributed by atoms with Gasteiger partial charge in [0.2, 0.25) is 0 Å². The van der Waals surface area contributed by atoms with Crippen LogP contribution in [0.15, 0.2) is 71.0 Å². The van der Waals surface area contributed by atoms with Crippen LogP contribution in [0.1, 0.15) is 87.2 Å². The van der Waals surface area contributed by atoms with Crippen molar-refractivity contribution in [3.63, 3.8) is 0 Å². The standard InChI is InChI=1S/C45H44F18O4S2/c1-2-25(11-13-64-32-19-34(46)42(35(47)20-32)66-23-26-3-7-28(8-4-26)30-15-38(50)44(39(51)16-30)68(54,55,56,57)58)12-14-65-33-21-36(48)43(37(49)22-33)67-24-27-5-9-29(10-6-27)31-17-40(52)45(41(53)18-31)69(59,60,61,62)63/h2,15-22,25-29H,1,3-14,23-24H2. The van der Waals surface area contributed by atoms with Crippen molar-refractivity contribution in [1.29, 1.82) is 0 Å². The lowest BCUT2D eigenvalue weighted by Gasteiger charge is -2.41. The third-order valence-corrected chi connectivity index (χ3v) is 14.5. The first kappa shape index (κ1) is 53.6. The molecule has 0 unspecified atom stereocenters. The molecule has 4 nitrogen and oxygen atoms in total. The fourth-order valence-corrected chi connectivity index (χ4v) is 10.4. The third kappa shape index (κ3) is 13.8. The second-order valence-electron chi connectivity index (χ2n) is 17.3. The Morgan fingerprint density at radius 2 is 0.725 bits per heavy atom. The van der Waals surface area contributed by atoms with Crippen LogP contribution in [0.4, 0.5) is 74.0 Å². The van der Waals surface area contributed by atoms with Crippen molar-refractivity contribution >= 4 is 20.4 Å². The molecule has 2 aliphatic rings. The van der Waals surface area contributed by atoms with E-state index in [0.717, 1.165) is 24.3 Å². The first-order chi connectivity index (χ1) is 31.7. The normalized spacial score (nSPS) is 21.5. The molecule has 2 aliphatic carbocycles. The number of ether oxygens (including phenoxy) is 4. The van der Waals surface area contributed by atoms with Gasteiger partial charge in [0, 0.05) is 24.3 Å². The van der Waals surface area contributed by atoms with Gasteiger partial charge in [0.25, 0.3) is 0 Å². The largest absolute Gasteiger partial charge is 0.493 e. The van der Waals surface area contributed by atoms with Gasteiger partial charge in [-0.15, -0.1) is 6.58 Å². The summed E-state index contributed by atoms with van der Waals surface area (Å²) in [5.74, 6) is -18.1. The average Bonchev–Trinajstić information content (AvgIpc) is 3.20. The smallest absolute Gasteiger partial charge is 0.315 e. The van der Waals surface area contributed by atoms with Crippen LogP contribution in [0.5, 0.6) is 23.0 Å². The highest BCUT2D eigenvalue weighted by Gasteiger charge is 2.70. The van der Waals surface area contributed by atoms with E-state index in [1.165, 1.54) is 0 Å². The molecule has 0 aliphatic heterocycles. The maximum absolute atomic E-state index is 14.9. The lowest BCUT2D eigenvalue weighted by molar-refractivity contribution is 0.186. The molecule has 2 saturated carbocycles. The van der Waals surface area contributed by atoms with Crippen molar-refractivity contribution < 1.29 is 92.9 Å². The van der Waals surface area contributed by atoms with Crippen LogP contribution in [0.2, 0.25) is 0 Å². The predicted molar refractivity (Wildman–Crippen MR) is 223 cm³/mol. The van der Waals surface area contributed by atoms with Crippen LogP contribution in [-0.4, -0.2) is 26.4 Å². The summed E-state index contributed by atoms with van der Waals surface area (Å²) in [5.41, 5.74) is -0.458. The van der Waals surface area contributed by atoms with E-state index in [4.69, 9.17) is 18.9 Å². The van der Waals surface area contributed by atoms with Gasteiger partial charge in [0.15, 0.2) is 44.6 Å². The number of benzene rings is 4. The van der Waals surface area contributed by atoms with E-state index in [0.29, 0.717) is 0 Å². The Morgan fingerprint density at radius 1 is 0.435 bits per heavy atom. The van der Waals surface area contributed by atoms with E-state index in [1.54, 1.807) is 6.08 Å². The van der Waals surface area contributed by atoms with Gasteiger partial charge < -0.3 is 18.9 Å². The number of hydrogen-bond acceptors (Lipinski definition) is 4. The number of halogens is 18. The van der Waals surface area contributed by atoms with Crippen molar-refractivity contribution in [2.75, 3.05) is 26.4 Å². The molecule has 0 N–H and O–H groups in total. The summed E-state index contributed by atoms with van der Waals surface area (Å²) in [4.78, 5) is -6.40. The minimum atomic E-state index is -10.6. The zero-order valence-electron chi connectivity index (χ0n) is 35.9. The molecule has 0 heterocycles. The monoisotopic (exact) mass is 1050 g/mol. The van der Waals surface area contributed by atoms with E-state index in [2.05, 4.69) is 6.58 Å². The predicted octanol–water partition coefficient (Wildman–Crippen LogP) is 17.9. The lowest BCUT2D eigenvalue weighted by atomic mass is 9.79. The molecule has 69 heavy (non-hydrogen) atoms. The van der Waals surface area contributed by atoms with Gasteiger partial charge in [-0.3, -0.25) is 0 Å². The van der Waals surface area contributed by atoms with Crippen molar-refractivity contribution in [1.82, 2.24) is 0 Å². The highest BCUT2D eigenvalue weighted by molar-refractivity contribution is 8.46. The fourth-order valence-electron chi connectivity index (χ4n) is 8.65. The lowest BCUT2D eigenvalue weighted by Crippen LogP contribution is -2.20. The quantitative estimate of drug-likeness (QED) is 0.0693. The van der Waals surface area contributed by atoms with Crippen molar-refractivity contribution in [2.45, 2.75) is 85.8 Å². The summed E-state index contributed by atoms with van der Waals surface area (Å²) in [6.07, 6.45) is 3.89. The minimum absolute atomic E-state index is 0.0546. The maximum atomic E-state index is 14.9. The van der Waals surface area contributed by atoms with Crippen LogP contribution < -0.4 is 18.9 Å². The summed E-state index contributed by atoms with van der Waals surface area (Å²) in [7, 11) is -21.3. The minimum Gasteiger partial charge on any atom is -0.493 e. The van der Waals surface area contributed by atoms with Crippen LogP contribution in [0, 0.1) is 64.3 Å². The van der Waals surface area contributed by atoms with Gasteiger partial charge in [0.1, 0.15) is 34.8 Å². The molecule has 0 amide bonds. The van der Waals surface area contributed by atoms with Crippen LogP contribution >= 0.6 is 20.4 Å². The Kier molecular flexibility index (Phi) is 14.3. The van der Waals surface area contributed by atoms with E-state index >= 15 is 0 Å². The van der Waals surface area contributed by atoms with E-state index in [1.807, 2.05) is 0 Å². The number of hydrogen-bond donors (Lipinski definition) is 0. The van der Waals surface area contributed by atoms with Crippen molar-refractivity contribution in [3.8, 4) is 23.0 Å². The number of allylic oxidation sites excluding steroid dienone is 1. The highest BCUT2D eigenvalue weighted by Crippen LogP contribution is 3.03. The summed E-state index contributed by atoms with van der Waals surface area (Å²) >= 11 is 0.